The zero-order chi connectivity index (χ0) is 16.2. The van der Waals surface area contributed by atoms with Gasteiger partial charge in [-0.25, -0.2) is 9.97 Å². The van der Waals surface area contributed by atoms with E-state index in [0.29, 0.717) is 27.4 Å². The van der Waals surface area contributed by atoms with Crippen molar-refractivity contribution in [1.82, 2.24) is 9.97 Å². The number of nitrogens with zero attached hydrogens (tertiary/aromatic N) is 2. The van der Waals surface area contributed by atoms with Crippen LogP contribution in [0.5, 0.6) is 0 Å². The molecular formula is C16H13ClN4OS. The molecule has 0 saturated carbocycles. The number of aryl methyl sites for hydroxylation is 1. The summed E-state index contributed by atoms with van der Waals surface area (Å²) in [5.74, 6) is 0.429. The molecular weight excluding hydrogens is 332 g/mol. The zero-order valence-electron chi connectivity index (χ0n) is 12.2. The first-order chi connectivity index (χ1) is 11.1. The van der Waals surface area contributed by atoms with Crippen LogP contribution < -0.4 is 10.6 Å². The van der Waals surface area contributed by atoms with Gasteiger partial charge in [0.1, 0.15) is 11.5 Å². The highest BCUT2D eigenvalue weighted by Crippen LogP contribution is 2.21. The van der Waals surface area contributed by atoms with Gasteiger partial charge in [-0.1, -0.05) is 17.7 Å². The predicted octanol–water partition coefficient (Wildman–Crippen LogP) is 4.50. The number of hydrogen-bond donors (Lipinski definition) is 2. The lowest BCUT2D eigenvalue weighted by molar-refractivity contribution is 0.102. The van der Waals surface area contributed by atoms with E-state index in [0.717, 1.165) is 5.69 Å². The fraction of sp³-hybridized carbons (Fsp3) is 0.0625. The smallest absolute Gasteiger partial charge is 0.275 e. The number of amides is 1. The van der Waals surface area contributed by atoms with Crippen molar-refractivity contribution in [2.75, 3.05) is 10.6 Å². The molecule has 0 atom stereocenters. The number of rotatable bonds is 4. The minimum absolute atomic E-state index is 0.270. The normalized spacial score (nSPS) is 10.3. The summed E-state index contributed by atoms with van der Waals surface area (Å²) in [6, 6.07) is 12.6. The summed E-state index contributed by atoms with van der Waals surface area (Å²) in [5.41, 5.74) is 1.93. The van der Waals surface area contributed by atoms with Crippen LogP contribution in [0.1, 0.15) is 16.2 Å². The van der Waals surface area contributed by atoms with Crippen molar-refractivity contribution in [3.05, 3.63) is 64.3 Å². The van der Waals surface area contributed by atoms with E-state index in [1.54, 1.807) is 29.6 Å². The SMILES string of the molecule is Cc1cccc(Nc2nc(C(=O)Nc3ccc(Cl)cc3)cs2)n1. The van der Waals surface area contributed by atoms with Gasteiger partial charge in [0.2, 0.25) is 0 Å². The van der Waals surface area contributed by atoms with E-state index in [1.807, 2.05) is 25.1 Å². The summed E-state index contributed by atoms with van der Waals surface area (Å²) in [5, 5.41) is 8.80. The highest BCUT2D eigenvalue weighted by atomic mass is 35.5. The molecule has 7 heteroatoms. The van der Waals surface area contributed by atoms with Gasteiger partial charge in [0, 0.05) is 21.8 Å². The Bertz CT molecular complexity index is 832. The van der Waals surface area contributed by atoms with Crippen LogP contribution in [0.25, 0.3) is 0 Å². The minimum Gasteiger partial charge on any atom is -0.321 e. The number of halogens is 1. The van der Waals surface area contributed by atoms with Gasteiger partial charge in [0.05, 0.1) is 0 Å². The lowest BCUT2D eigenvalue weighted by Gasteiger charge is -2.03. The molecule has 23 heavy (non-hydrogen) atoms. The van der Waals surface area contributed by atoms with Gasteiger partial charge in [0.25, 0.3) is 5.91 Å². The van der Waals surface area contributed by atoms with Crippen molar-refractivity contribution in [2.24, 2.45) is 0 Å². The third-order valence-electron chi connectivity index (χ3n) is 2.96. The van der Waals surface area contributed by atoms with Gasteiger partial charge >= 0.3 is 0 Å². The Kier molecular flexibility index (Phi) is 4.55. The average molecular weight is 345 g/mol. The Morgan fingerprint density at radius 1 is 1.13 bits per heavy atom. The van der Waals surface area contributed by atoms with E-state index in [9.17, 15) is 4.79 Å². The molecule has 1 amide bonds. The molecule has 0 spiro atoms. The first-order valence-corrected chi connectivity index (χ1v) is 8.09. The van der Waals surface area contributed by atoms with Crippen LogP contribution in [0, 0.1) is 6.92 Å². The summed E-state index contributed by atoms with van der Waals surface area (Å²) in [6.07, 6.45) is 0. The van der Waals surface area contributed by atoms with Gasteiger partial charge in [-0.3, -0.25) is 4.79 Å². The molecule has 1 aromatic carbocycles. The van der Waals surface area contributed by atoms with Crippen LogP contribution in [0.3, 0.4) is 0 Å². The van der Waals surface area contributed by atoms with Crippen LogP contribution in [0.2, 0.25) is 5.02 Å². The van der Waals surface area contributed by atoms with Gasteiger partial charge in [-0.2, -0.15) is 0 Å². The monoisotopic (exact) mass is 344 g/mol. The second kappa shape index (κ2) is 6.76. The molecule has 0 saturated heterocycles. The molecule has 2 N–H and O–H groups in total. The molecule has 0 aliphatic carbocycles. The minimum atomic E-state index is -0.270. The van der Waals surface area contributed by atoms with E-state index >= 15 is 0 Å². The molecule has 0 aliphatic rings. The van der Waals surface area contributed by atoms with E-state index in [2.05, 4.69) is 20.6 Å². The summed E-state index contributed by atoms with van der Waals surface area (Å²) in [4.78, 5) is 20.8. The van der Waals surface area contributed by atoms with Gasteiger partial charge < -0.3 is 10.6 Å². The number of anilines is 3. The molecule has 3 aromatic rings. The summed E-state index contributed by atoms with van der Waals surface area (Å²) >= 11 is 7.17. The molecule has 2 heterocycles. The zero-order valence-corrected chi connectivity index (χ0v) is 13.8. The highest BCUT2D eigenvalue weighted by molar-refractivity contribution is 7.14. The van der Waals surface area contributed by atoms with Crippen LogP contribution in [-0.2, 0) is 0 Å². The Balaban J connectivity index is 1.68. The summed E-state index contributed by atoms with van der Waals surface area (Å²) in [6.45, 7) is 1.91. The topological polar surface area (TPSA) is 66.9 Å². The third kappa shape index (κ3) is 4.06. The molecule has 3 rings (SSSR count). The van der Waals surface area contributed by atoms with Crippen molar-refractivity contribution in [3.8, 4) is 0 Å². The van der Waals surface area contributed by atoms with Crippen molar-refractivity contribution < 1.29 is 4.79 Å². The average Bonchev–Trinajstić information content (AvgIpc) is 2.98. The second-order valence-corrected chi connectivity index (χ2v) is 6.08. The Morgan fingerprint density at radius 3 is 2.65 bits per heavy atom. The molecule has 0 bridgehead atoms. The first kappa shape index (κ1) is 15.5. The fourth-order valence-corrected chi connectivity index (χ4v) is 2.71. The van der Waals surface area contributed by atoms with Crippen molar-refractivity contribution >= 4 is 45.5 Å². The van der Waals surface area contributed by atoms with E-state index in [-0.39, 0.29) is 5.91 Å². The fourth-order valence-electron chi connectivity index (χ4n) is 1.89. The maximum absolute atomic E-state index is 12.2. The molecule has 0 radical (unpaired) electrons. The molecule has 116 valence electrons. The van der Waals surface area contributed by atoms with Crippen molar-refractivity contribution in [2.45, 2.75) is 6.92 Å². The Labute approximate surface area is 142 Å². The molecule has 0 unspecified atom stereocenters. The van der Waals surface area contributed by atoms with Crippen LogP contribution in [0.15, 0.2) is 47.8 Å². The maximum Gasteiger partial charge on any atom is 0.275 e. The van der Waals surface area contributed by atoms with E-state index in [4.69, 9.17) is 11.6 Å². The van der Waals surface area contributed by atoms with Crippen LogP contribution >= 0.6 is 22.9 Å². The number of hydrogen-bond acceptors (Lipinski definition) is 5. The van der Waals surface area contributed by atoms with Crippen molar-refractivity contribution in [3.63, 3.8) is 0 Å². The number of benzene rings is 1. The number of carbonyl (C=O) groups excluding carboxylic acids is 1. The van der Waals surface area contributed by atoms with Gasteiger partial charge in [-0.15, -0.1) is 11.3 Å². The highest BCUT2D eigenvalue weighted by Gasteiger charge is 2.11. The number of nitrogens with one attached hydrogen (secondary N) is 2. The Hall–Kier alpha value is -2.44. The number of aromatic nitrogens is 2. The quantitative estimate of drug-likeness (QED) is 0.731. The van der Waals surface area contributed by atoms with E-state index in [1.165, 1.54) is 11.3 Å². The largest absolute Gasteiger partial charge is 0.321 e. The lowest BCUT2D eigenvalue weighted by Crippen LogP contribution is -2.12. The van der Waals surface area contributed by atoms with Crippen molar-refractivity contribution in [1.29, 1.82) is 0 Å². The summed E-state index contributed by atoms with van der Waals surface area (Å²) in [7, 11) is 0. The Morgan fingerprint density at radius 2 is 1.91 bits per heavy atom. The summed E-state index contributed by atoms with van der Waals surface area (Å²) < 4.78 is 0. The maximum atomic E-state index is 12.2. The molecule has 0 aliphatic heterocycles. The number of thiazole rings is 1. The van der Waals surface area contributed by atoms with Crippen LogP contribution in [-0.4, -0.2) is 15.9 Å². The lowest BCUT2D eigenvalue weighted by atomic mass is 10.3. The molecule has 2 aromatic heterocycles. The van der Waals surface area contributed by atoms with E-state index < -0.39 is 0 Å². The second-order valence-electron chi connectivity index (χ2n) is 4.79. The third-order valence-corrected chi connectivity index (χ3v) is 3.97. The molecule has 5 nitrogen and oxygen atoms in total. The van der Waals surface area contributed by atoms with Crippen LogP contribution in [0.4, 0.5) is 16.6 Å². The van der Waals surface area contributed by atoms with Gasteiger partial charge in [-0.05, 0) is 43.3 Å². The molecule has 0 fully saturated rings. The number of carbonyl (C=O) groups is 1. The number of pyridine rings is 1. The first-order valence-electron chi connectivity index (χ1n) is 6.83. The standard InChI is InChI=1S/C16H13ClN4OS/c1-10-3-2-4-14(18-10)21-16-20-13(9-23-16)15(22)19-12-7-5-11(17)6-8-12/h2-9H,1H3,(H,19,22)(H,18,20,21). The van der Waals surface area contributed by atoms with Gasteiger partial charge in [0.15, 0.2) is 5.13 Å². The predicted molar refractivity (Wildman–Crippen MR) is 93.8 cm³/mol.